The van der Waals surface area contributed by atoms with Gasteiger partial charge >= 0.3 is 0 Å². The van der Waals surface area contributed by atoms with Crippen molar-refractivity contribution < 1.29 is 0 Å². The summed E-state index contributed by atoms with van der Waals surface area (Å²) in [6.45, 7) is 6.78. The van der Waals surface area contributed by atoms with Gasteiger partial charge in [0.2, 0.25) is 0 Å². The fourth-order valence-electron chi connectivity index (χ4n) is 3.11. The highest BCUT2D eigenvalue weighted by Gasteiger charge is 2.36. The second-order valence-electron chi connectivity index (χ2n) is 5.58. The Morgan fingerprint density at radius 1 is 1.50 bits per heavy atom. The smallest absolute Gasteiger partial charge is 0.113 e. The Labute approximate surface area is 97.0 Å². The lowest BCUT2D eigenvalue weighted by atomic mass is 9.89. The average Bonchev–Trinajstić information content (AvgIpc) is 2.91. The molecule has 88 valence electrons. The predicted molar refractivity (Wildman–Crippen MR) is 64.8 cm³/mol. The Morgan fingerprint density at radius 2 is 2.38 bits per heavy atom. The largest absolute Gasteiger partial charge is 0.345 e. The topological polar surface area (TPSA) is 40.7 Å². The number of hydrogen-bond acceptors (Lipinski definition) is 2. The summed E-state index contributed by atoms with van der Waals surface area (Å²) in [6, 6.07) is 0. The zero-order valence-corrected chi connectivity index (χ0v) is 10.3. The maximum atomic E-state index is 4.90. The van der Waals surface area contributed by atoms with Crippen molar-refractivity contribution in [2.75, 3.05) is 13.1 Å². The summed E-state index contributed by atoms with van der Waals surface area (Å²) < 4.78 is 0. The van der Waals surface area contributed by atoms with E-state index < -0.39 is 0 Å². The Bertz CT molecular complexity index is 388. The molecule has 2 unspecified atom stereocenters. The maximum Gasteiger partial charge on any atom is 0.113 e. The van der Waals surface area contributed by atoms with Gasteiger partial charge in [-0.25, -0.2) is 4.98 Å². The van der Waals surface area contributed by atoms with Gasteiger partial charge in [0.15, 0.2) is 0 Å². The Hall–Kier alpha value is -0.830. The minimum Gasteiger partial charge on any atom is -0.345 e. The molecule has 0 saturated carbocycles. The van der Waals surface area contributed by atoms with Crippen molar-refractivity contribution in [3.05, 3.63) is 17.2 Å². The van der Waals surface area contributed by atoms with Crippen LogP contribution >= 0.6 is 0 Å². The molecule has 1 saturated heterocycles. The van der Waals surface area contributed by atoms with E-state index in [0.29, 0.717) is 5.92 Å². The van der Waals surface area contributed by atoms with Crippen molar-refractivity contribution in [1.29, 1.82) is 0 Å². The molecule has 3 nitrogen and oxygen atoms in total. The molecular formula is C13H21N3. The van der Waals surface area contributed by atoms with Crippen LogP contribution in [0.15, 0.2) is 0 Å². The summed E-state index contributed by atoms with van der Waals surface area (Å²) in [5.41, 5.74) is 3.02. The van der Waals surface area contributed by atoms with Gasteiger partial charge in [0, 0.05) is 23.6 Å². The van der Waals surface area contributed by atoms with Crippen molar-refractivity contribution in [2.45, 2.75) is 50.9 Å². The van der Waals surface area contributed by atoms with Gasteiger partial charge < -0.3 is 10.3 Å². The fraction of sp³-hybridized carbons (Fsp3) is 0.769. The summed E-state index contributed by atoms with van der Waals surface area (Å²) in [6.07, 6.45) is 4.92. The van der Waals surface area contributed by atoms with Crippen LogP contribution in [-0.4, -0.2) is 23.1 Å². The molecule has 0 spiro atoms. The van der Waals surface area contributed by atoms with E-state index in [0.717, 1.165) is 13.1 Å². The molecule has 0 radical (unpaired) electrons. The standard InChI is InChI=1S/C13H21N3/c1-3-9-4-5-10-11(9)16-12(15-10)13(2)6-7-14-8-13/h9,14H,3-8H2,1-2H3,(H,15,16). The number of nitrogens with zero attached hydrogens (tertiary/aromatic N) is 1. The van der Waals surface area contributed by atoms with Crippen LogP contribution in [0.3, 0.4) is 0 Å². The summed E-state index contributed by atoms with van der Waals surface area (Å²) in [5, 5.41) is 3.44. The quantitative estimate of drug-likeness (QED) is 0.799. The molecule has 1 fully saturated rings. The van der Waals surface area contributed by atoms with Crippen molar-refractivity contribution >= 4 is 0 Å². The van der Waals surface area contributed by atoms with Crippen molar-refractivity contribution in [3.63, 3.8) is 0 Å². The van der Waals surface area contributed by atoms with Crippen LogP contribution in [0.1, 0.15) is 56.2 Å². The third kappa shape index (κ3) is 1.41. The normalized spacial score (nSPS) is 33.2. The SMILES string of the molecule is CCC1CCc2[nH]c(C3(C)CCNC3)nc21. The van der Waals surface area contributed by atoms with Crippen LogP contribution in [0.5, 0.6) is 0 Å². The monoisotopic (exact) mass is 219 g/mol. The first-order valence-corrected chi connectivity index (χ1v) is 6.53. The molecule has 16 heavy (non-hydrogen) atoms. The molecule has 1 aromatic rings. The van der Waals surface area contributed by atoms with E-state index >= 15 is 0 Å². The summed E-state index contributed by atoms with van der Waals surface area (Å²) in [4.78, 5) is 8.49. The highest BCUT2D eigenvalue weighted by atomic mass is 15.0. The van der Waals surface area contributed by atoms with Gasteiger partial charge in [-0.1, -0.05) is 13.8 Å². The molecule has 2 N–H and O–H groups in total. The summed E-state index contributed by atoms with van der Waals surface area (Å²) in [5.74, 6) is 1.93. The lowest BCUT2D eigenvalue weighted by Crippen LogP contribution is -2.26. The lowest BCUT2D eigenvalue weighted by molar-refractivity contribution is 0.488. The molecule has 1 aromatic heterocycles. The first-order chi connectivity index (χ1) is 7.73. The summed E-state index contributed by atoms with van der Waals surface area (Å²) in [7, 11) is 0. The Morgan fingerprint density at radius 3 is 3.06 bits per heavy atom. The minimum absolute atomic E-state index is 0.239. The molecule has 2 heterocycles. The minimum atomic E-state index is 0.239. The number of nitrogens with one attached hydrogen (secondary N) is 2. The van der Waals surface area contributed by atoms with Gasteiger partial charge in [0.05, 0.1) is 5.69 Å². The summed E-state index contributed by atoms with van der Waals surface area (Å²) >= 11 is 0. The molecule has 1 aliphatic carbocycles. The van der Waals surface area contributed by atoms with E-state index in [2.05, 4.69) is 24.1 Å². The number of aryl methyl sites for hydroxylation is 1. The van der Waals surface area contributed by atoms with Gasteiger partial charge in [-0.2, -0.15) is 0 Å². The van der Waals surface area contributed by atoms with E-state index in [-0.39, 0.29) is 5.41 Å². The Kier molecular flexibility index (Phi) is 2.32. The number of H-pyrrole nitrogens is 1. The van der Waals surface area contributed by atoms with Crippen LogP contribution in [0.25, 0.3) is 0 Å². The average molecular weight is 219 g/mol. The van der Waals surface area contributed by atoms with Crippen molar-refractivity contribution in [2.24, 2.45) is 0 Å². The molecule has 2 atom stereocenters. The number of hydrogen-bond donors (Lipinski definition) is 2. The third-order valence-corrected chi connectivity index (χ3v) is 4.37. The molecule has 0 bridgehead atoms. The van der Waals surface area contributed by atoms with Crippen LogP contribution in [0.4, 0.5) is 0 Å². The lowest BCUT2D eigenvalue weighted by Gasteiger charge is -2.19. The van der Waals surface area contributed by atoms with Crippen molar-refractivity contribution in [3.8, 4) is 0 Å². The third-order valence-electron chi connectivity index (χ3n) is 4.37. The molecular weight excluding hydrogens is 198 g/mol. The highest BCUT2D eigenvalue weighted by molar-refractivity contribution is 5.28. The zero-order chi connectivity index (χ0) is 11.2. The second kappa shape index (κ2) is 3.59. The van der Waals surface area contributed by atoms with E-state index in [1.54, 1.807) is 0 Å². The molecule has 0 amide bonds. The number of fused-ring (bicyclic) bond motifs is 1. The van der Waals surface area contributed by atoms with Gasteiger partial charge in [-0.3, -0.25) is 0 Å². The van der Waals surface area contributed by atoms with Crippen LogP contribution < -0.4 is 5.32 Å². The second-order valence-corrected chi connectivity index (χ2v) is 5.58. The number of rotatable bonds is 2. The molecule has 3 heteroatoms. The van der Waals surface area contributed by atoms with Crippen LogP contribution in [-0.2, 0) is 11.8 Å². The van der Waals surface area contributed by atoms with Gasteiger partial charge in [0.25, 0.3) is 0 Å². The first kappa shape index (κ1) is 10.3. The van der Waals surface area contributed by atoms with E-state index in [1.165, 1.54) is 42.9 Å². The number of aromatic amines is 1. The maximum absolute atomic E-state index is 4.90. The Balaban J connectivity index is 1.93. The molecule has 3 rings (SSSR count). The van der Waals surface area contributed by atoms with Crippen molar-refractivity contribution in [1.82, 2.24) is 15.3 Å². The molecule has 0 aromatic carbocycles. The van der Waals surface area contributed by atoms with Gasteiger partial charge in [0.1, 0.15) is 5.82 Å². The van der Waals surface area contributed by atoms with Crippen LogP contribution in [0.2, 0.25) is 0 Å². The predicted octanol–water partition coefficient (Wildman–Crippen LogP) is 2.10. The van der Waals surface area contributed by atoms with E-state index in [4.69, 9.17) is 4.98 Å². The van der Waals surface area contributed by atoms with Gasteiger partial charge in [-0.15, -0.1) is 0 Å². The highest BCUT2D eigenvalue weighted by Crippen LogP contribution is 2.37. The zero-order valence-electron chi connectivity index (χ0n) is 10.3. The molecule has 2 aliphatic rings. The van der Waals surface area contributed by atoms with Gasteiger partial charge in [-0.05, 0) is 32.2 Å². The van der Waals surface area contributed by atoms with E-state index in [9.17, 15) is 0 Å². The number of imidazole rings is 1. The van der Waals surface area contributed by atoms with Crippen LogP contribution in [0, 0.1) is 0 Å². The first-order valence-electron chi connectivity index (χ1n) is 6.53. The number of aromatic nitrogens is 2. The van der Waals surface area contributed by atoms with E-state index in [1.807, 2.05) is 0 Å². The fourth-order valence-corrected chi connectivity index (χ4v) is 3.11. The molecule has 1 aliphatic heterocycles.